The Morgan fingerprint density at radius 1 is 0.976 bits per heavy atom. The van der Waals surface area contributed by atoms with Gasteiger partial charge in [-0.3, -0.25) is 4.79 Å². The second-order valence-electron chi connectivity index (χ2n) is 11.6. The van der Waals surface area contributed by atoms with Gasteiger partial charge in [-0.05, 0) is 100 Å². The van der Waals surface area contributed by atoms with Gasteiger partial charge in [0, 0.05) is 29.2 Å². The highest BCUT2D eigenvalue weighted by Gasteiger charge is 2.31. The Labute approximate surface area is 250 Å². The molecular weight excluding hydrogens is 524 g/mol. The van der Waals surface area contributed by atoms with Crippen molar-refractivity contribution in [3.8, 4) is 5.75 Å². The molecule has 222 valence electrons. The molecule has 3 aromatic carbocycles. The zero-order valence-corrected chi connectivity index (χ0v) is 26.0. The van der Waals surface area contributed by atoms with E-state index in [4.69, 9.17) is 9.47 Å². The first-order valence-corrected chi connectivity index (χ1v) is 15.0. The monoisotopic (exact) mass is 568 g/mol. The van der Waals surface area contributed by atoms with Crippen molar-refractivity contribution in [3.63, 3.8) is 0 Å². The maximum Gasteiger partial charge on any atom is 0.349 e. The molecule has 4 aromatic rings. The zero-order chi connectivity index (χ0) is 30.4. The van der Waals surface area contributed by atoms with Crippen LogP contribution in [0.1, 0.15) is 91.8 Å². The molecule has 0 spiro atoms. The minimum absolute atomic E-state index is 0.0890. The number of fused-ring (bicyclic) bond motifs is 1. The smallest absolute Gasteiger partial charge is 0.349 e. The molecule has 42 heavy (non-hydrogen) atoms. The highest BCUT2D eigenvalue weighted by molar-refractivity contribution is 5.99. The molecule has 4 rings (SSSR count). The van der Waals surface area contributed by atoms with Gasteiger partial charge in [0.2, 0.25) is 0 Å². The van der Waals surface area contributed by atoms with Crippen LogP contribution in [-0.2, 0) is 29.4 Å². The normalized spacial score (nSPS) is 12.3. The number of amides is 1. The molecule has 6 nitrogen and oxygen atoms in total. The zero-order valence-electron chi connectivity index (χ0n) is 26.0. The first-order valence-electron chi connectivity index (χ1n) is 15.0. The number of hydrogen-bond donors (Lipinski definition) is 1. The Balaban J connectivity index is 1.50. The lowest BCUT2D eigenvalue weighted by molar-refractivity contribution is -0.158. The summed E-state index contributed by atoms with van der Waals surface area (Å²) in [5.41, 5.74) is 6.39. The van der Waals surface area contributed by atoms with E-state index in [0.717, 1.165) is 34.1 Å². The fourth-order valence-electron chi connectivity index (χ4n) is 5.29. The lowest BCUT2D eigenvalue weighted by Crippen LogP contribution is -2.39. The Bertz CT molecular complexity index is 1550. The van der Waals surface area contributed by atoms with Crippen LogP contribution in [0.2, 0.25) is 0 Å². The first-order chi connectivity index (χ1) is 20.0. The molecule has 0 aliphatic heterocycles. The van der Waals surface area contributed by atoms with Crippen LogP contribution < -0.4 is 10.1 Å². The van der Waals surface area contributed by atoms with Crippen molar-refractivity contribution in [2.75, 3.05) is 6.61 Å². The SMILES string of the molecule is CCCCc1ccc([C@H](C)NC(=O)c2ccc3c(Cc4cccc(OC(C)(C)C(=O)OCC)c4)c(C)n(C)c3c2)cc1. The van der Waals surface area contributed by atoms with E-state index in [9.17, 15) is 9.59 Å². The number of carbonyl (C=O) groups is 2. The molecule has 1 atom stereocenters. The Morgan fingerprint density at radius 2 is 1.71 bits per heavy atom. The molecule has 0 fully saturated rings. The van der Waals surface area contributed by atoms with Gasteiger partial charge in [0.25, 0.3) is 5.91 Å². The van der Waals surface area contributed by atoms with Crippen LogP contribution in [0.3, 0.4) is 0 Å². The van der Waals surface area contributed by atoms with Crippen molar-refractivity contribution in [3.05, 3.63) is 100 Å². The summed E-state index contributed by atoms with van der Waals surface area (Å²) in [5, 5.41) is 4.28. The summed E-state index contributed by atoms with van der Waals surface area (Å²) in [6.45, 7) is 11.8. The van der Waals surface area contributed by atoms with E-state index in [1.165, 1.54) is 24.0 Å². The maximum atomic E-state index is 13.2. The van der Waals surface area contributed by atoms with E-state index in [2.05, 4.69) is 54.1 Å². The average molecular weight is 569 g/mol. The van der Waals surface area contributed by atoms with Crippen LogP contribution in [0.4, 0.5) is 0 Å². The van der Waals surface area contributed by atoms with Crippen LogP contribution in [0.15, 0.2) is 66.7 Å². The van der Waals surface area contributed by atoms with Crippen molar-refractivity contribution in [2.45, 2.75) is 78.9 Å². The van der Waals surface area contributed by atoms with E-state index in [1.54, 1.807) is 20.8 Å². The summed E-state index contributed by atoms with van der Waals surface area (Å²) in [4.78, 5) is 25.6. The van der Waals surface area contributed by atoms with Crippen LogP contribution >= 0.6 is 0 Å². The highest BCUT2D eigenvalue weighted by atomic mass is 16.6. The topological polar surface area (TPSA) is 69.6 Å². The molecule has 0 radical (unpaired) electrons. The number of hydrogen-bond acceptors (Lipinski definition) is 4. The number of nitrogens with zero attached hydrogens (tertiary/aromatic N) is 1. The minimum atomic E-state index is -1.09. The summed E-state index contributed by atoms with van der Waals surface area (Å²) in [6, 6.07) is 22.2. The third-order valence-corrected chi connectivity index (χ3v) is 7.95. The third-order valence-electron chi connectivity index (χ3n) is 7.95. The van der Waals surface area contributed by atoms with E-state index in [1.807, 2.05) is 50.4 Å². The number of rotatable bonds is 12. The van der Waals surface area contributed by atoms with Crippen LogP contribution in [0.5, 0.6) is 5.75 Å². The lowest BCUT2D eigenvalue weighted by Gasteiger charge is -2.24. The second-order valence-corrected chi connectivity index (χ2v) is 11.6. The van der Waals surface area contributed by atoms with Gasteiger partial charge in [-0.1, -0.05) is 55.8 Å². The van der Waals surface area contributed by atoms with Gasteiger partial charge >= 0.3 is 5.97 Å². The predicted molar refractivity (Wildman–Crippen MR) is 169 cm³/mol. The van der Waals surface area contributed by atoms with Crippen LogP contribution in [0.25, 0.3) is 10.9 Å². The first kappa shape index (κ1) is 30.9. The van der Waals surface area contributed by atoms with Gasteiger partial charge in [0.15, 0.2) is 5.60 Å². The van der Waals surface area contributed by atoms with Gasteiger partial charge < -0.3 is 19.4 Å². The molecule has 0 saturated heterocycles. The molecule has 0 saturated carbocycles. The molecule has 1 N–H and O–H groups in total. The molecule has 0 aliphatic carbocycles. The number of ether oxygens (including phenoxy) is 2. The largest absolute Gasteiger partial charge is 0.476 e. The van der Waals surface area contributed by atoms with E-state index < -0.39 is 11.6 Å². The highest BCUT2D eigenvalue weighted by Crippen LogP contribution is 2.30. The number of carbonyl (C=O) groups excluding carboxylic acids is 2. The summed E-state index contributed by atoms with van der Waals surface area (Å²) in [5.74, 6) is 0.135. The number of unbranched alkanes of at least 4 members (excludes halogenated alkanes) is 1. The molecule has 0 bridgehead atoms. The van der Waals surface area contributed by atoms with Crippen molar-refractivity contribution in [2.24, 2.45) is 7.05 Å². The molecule has 1 amide bonds. The molecule has 1 heterocycles. The number of esters is 1. The number of aryl methyl sites for hydroxylation is 2. The maximum absolute atomic E-state index is 13.2. The van der Waals surface area contributed by atoms with Crippen molar-refractivity contribution in [1.29, 1.82) is 0 Å². The van der Waals surface area contributed by atoms with Crippen LogP contribution in [-0.4, -0.2) is 28.7 Å². The Morgan fingerprint density at radius 3 is 2.40 bits per heavy atom. The summed E-state index contributed by atoms with van der Waals surface area (Å²) in [7, 11) is 2.03. The van der Waals surface area contributed by atoms with E-state index in [0.29, 0.717) is 24.3 Å². The molecule has 0 aliphatic rings. The Hall–Kier alpha value is -4.06. The second kappa shape index (κ2) is 13.3. The van der Waals surface area contributed by atoms with Crippen LogP contribution in [0, 0.1) is 6.92 Å². The average Bonchev–Trinajstić information content (AvgIpc) is 3.20. The van der Waals surface area contributed by atoms with E-state index in [-0.39, 0.29) is 11.9 Å². The van der Waals surface area contributed by atoms with Crippen molar-refractivity contribution >= 4 is 22.8 Å². The van der Waals surface area contributed by atoms with Gasteiger partial charge in [0.1, 0.15) is 5.75 Å². The molecule has 0 unspecified atom stereocenters. The minimum Gasteiger partial charge on any atom is -0.476 e. The van der Waals surface area contributed by atoms with E-state index >= 15 is 0 Å². The number of aromatic nitrogens is 1. The fraction of sp³-hybridized carbons (Fsp3) is 0.389. The Kier molecular flexibility index (Phi) is 9.77. The summed E-state index contributed by atoms with van der Waals surface area (Å²) in [6.07, 6.45) is 4.14. The number of nitrogens with one attached hydrogen (secondary N) is 1. The van der Waals surface area contributed by atoms with Crippen molar-refractivity contribution in [1.82, 2.24) is 9.88 Å². The number of benzene rings is 3. The molecule has 1 aromatic heterocycles. The predicted octanol–water partition coefficient (Wildman–Crippen LogP) is 7.63. The quantitative estimate of drug-likeness (QED) is 0.178. The van der Waals surface area contributed by atoms with Gasteiger partial charge in [-0.25, -0.2) is 4.79 Å². The standard InChI is InChI=1S/C36H44N2O4/c1-8-10-12-26-15-17-28(18-16-26)24(3)37-34(39)29-19-20-31-32(25(4)38(7)33(31)23-29)22-27-13-11-14-30(21-27)42-36(5,6)35(40)41-9-2/h11,13-21,23-24H,8-10,12,22H2,1-7H3,(H,37,39)/t24-/m0/s1. The summed E-state index contributed by atoms with van der Waals surface area (Å²) >= 11 is 0. The molecular formula is C36H44N2O4. The lowest BCUT2D eigenvalue weighted by atomic mass is 10.0. The summed E-state index contributed by atoms with van der Waals surface area (Å²) < 4.78 is 13.3. The molecule has 6 heteroatoms. The van der Waals surface area contributed by atoms with Gasteiger partial charge in [-0.15, -0.1) is 0 Å². The third kappa shape index (κ3) is 7.04. The van der Waals surface area contributed by atoms with Gasteiger partial charge in [0.05, 0.1) is 12.6 Å². The fourth-order valence-corrected chi connectivity index (χ4v) is 5.29. The van der Waals surface area contributed by atoms with Crippen molar-refractivity contribution < 1.29 is 19.1 Å². The van der Waals surface area contributed by atoms with Gasteiger partial charge in [-0.2, -0.15) is 0 Å².